The first-order valence-corrected chi connectivity index (χ1v) is 8.78. The van der Waals surface area contributed by atoms with Gasteiger partial charge in [-0.25, -0.2) is 4.99 Å². The van der Waals surface area contributed by atoms with E-state index in [0.717, 1.165) is 36.5 Å². The molecule has 3 rings (SSSR count). The number of likely N-dealkylation sites (tertiary alicyclic amines) is 1. The minimum absolute atomic E-state index is 0.0445. The molecule has 134 valence electrons. The Bertz CT molecular complexity index is 684. The van der Waals surface area contributed by atoms with Gasteiger partial charge in [-0.3, -0.25) is 15.3 Å². The van der Waals surface area contributed by atoms with Crippen molar-refractivity contribution >= 4 is 17.8 Å². The molecule has 1 saturated heterocycles. The topological polar surface area (TPSA) is 70.3 Å². The van der Waals surface area contributed by atoms with E-state index in [1.54, 1.807) is 13.4 Å². The first-order valence-electron chi connectivity index (χ1n) is 8.78. The maximum absolute atomic E-state index is 8.55. The zero-order chi connectivity index (χ0) is 17.8. The van der Waals surface area contributed by atoms with E-state index < -0.39 is 0 Å². The lowest BCUT2D eigenvalue weighted by Gasteiger charge is -2.26. The fourth-order valence-corrected chi connectivity index (χ4v) is 3.23. The number of hydrogen-bond donors (Lipinski definition) is 1. The second kappa shape index (κ2) is 7.89. The molecule has 0 saturated carbocycles. The van der Waals surface area contributed by atoms with Crippen molar-refractivity contribution in [1.82, 2.24) is 4.90 Å². The van der Waals surface area contributed by atoms with Crippen LogP contribution < -0.4 is 4.74 Å². The monoisotopic (exact) mass is 342 g/mol. The second-order valence-electron chi connectivity index (χ2n) is 6.74. The Balaban J connectivity index is 1.68. The molecule has 1 unspecified atom stereocenters. The van der Waals surface area contributed by atoms with E-state index in [2.05, 4.69) is 14.9 Å². The summed E-state index contributed by atoms with van der Waals surface area (Å²) in [6.07, 6.45) is 3.70. The molecule has 0 radical (unpaired) electrons. The molecule has 2 aliphatic heterocycles. The summed E-state index contributed by atoms with van der Waals surface area (Å²) in [6.45, 7) is 5.84. The molecule has 2 heterocycles. The van der Waals surface area contributed by atoms with Crippen molar-refractivity contribution in [2.75, 3.05) is 20.2 Å². The molecule has 2 aliphatic rings. The van der Waals surface area contributed by atoms with Crippen LogP contribution >= 0.6 is 0 Å². The van der Waals surface area contributed by atoms with Gasteiger partial charge in [0.15, 0.2) is 0 Å². The standard InChI is InChI=1S/C19H26N4O2/c1-13(2)25-15-6-4-5-14(9-15)19(20)17-10-18(22-12-21-17)23-8-7-16(11-23)24-3/h4-6,9,12-13,16,18,20H,7-8,10-11H2,1-3H3/t16-,18?/m1/s1. The summed E-state index contributed by atoms with van der Waals surface area (Å²) < 4.78 is 11.2. The van der Waals surface area contributed by atoms with Crippen LogP contribution in [0.4, 0.5) is 0 Å². The van der Waals surface area contributed by atoms with Crippen molar-refractivity contribution in [2.24, 2.45) is 9.98 Å². The summed E-state index contributed by atoms with van der Waals surface area (Å²) in [6, 6.07) is 7.66. The summed E-state index contributed by atoms with van der Waals surface area (Å²) in [4.78, 5) is 11.2. The number of methoxy groups -OCH3 is 1. The molecular formula is C19H26N4O2. The van der Waals surface area contributed by atoms with Gasteiger partial charge >= 0.3 is 0 Å². The molecule has 0 bridgehead atoms. The van der Waals surface area contributed by atoms with Gasteiger partial charge in [-0.05, 0) is 32.4 Å². The molecule has 1 aromatic rings. The van der Waals surface area contributed by atoms with Gasteiger partial charge in [-0.2, -0.15) is 0 Å². The zero-order valence-corrected chi connectivity index (χ0v) is 15.1. The number of nitrogens with zero attached hydrogens (tertiary/aromatic N) is 3. The van der Waals surface area contributed by atoms with Crippen LogP contribution in [0.15, 0.2) is 34.3 Å². The Morgan fingerprint density at radius 2 is 2.20 bits per heavy atom. The highest BCUT2D eigenvalue weighted by atomic mass is 16.5. The van der Waals surface area contributed by atoms with E-state index in [1.165, 1.54) is 0 Å². The van der Waals surface area contributed by atoms with E-state index >= 15 is 0 Å². The molecule has 2 atom stereocenters. The summed E-state index contributed by atoms with van der Waals surface area (Å²) >= 11 is 0. The van der Waals surface area contributed by atoms with Gasteiger partial charge in [0.05, 0.1) is 23.6 Å². The minimum atomic E-state index is 0.0445. The van der Waals surface area contributed by atoms with Crippen molar-refractivity contribution in [3.8, 4) is 5.75 Å². The number of ether oxygens (including phenoxy) is 2. The minimum Gasteiger partial charge on any atom is -0.491 e. The van der Waals surface area contributed by atoms with Crippen LogP contribution in [0.25, 0.3) is 0 Å². The molecular weight excluding hydrogens is 316 g/mol. The lowest BCUT2D eigenvalue weighted by atomic mass is 10.0. The van der Waals surface area contributed by atoms with Crippen molar-refractivity contribution < 1.29 is 9.47 Å². The van der Waals surface area contributed by atoms with Gasteiger partial charge in [0.2, 0.25) is 0 Å². The van der Waals surface area contributed by atoms with Crippen molar-refractivity contribution in [3.63, 3.8) is 0 Å². The number of aliphatic imine (C=N–C) groups is 2. The number of benzene rings is 1. The first kappa shape index (κ1) is 17.8. The van der Waals surface area contributed by atoms with Gasteiger partial charge in [0.25, 0.3) is 0 Å². The lowest BCUT2D eigenvalue weighted by molar-refractivity contribution is 0.102. The van der Waals surface area contributed by atoms with Crippen LogP contribution in [0.3, 0.4) is 0 Å². The quantitative estimate of drug-likeness (QED) is 0.808. The summed E-state index contributed by atoms with van der Waals surface area (Å²) in [5.74, 6) is 0.779. The van der Waals surface area contributed by atoms with Crippen molar-refractivity contribution in [1.29, 1.82) is 5.41 Å². The summed E-state index contributed by atoms with van der Waals surface area (Å²) in [5, 5.41) is 8.55. The van der Waals surface area contributed by atoms with Crippen LogP contribution in [0.2, 0.25) is 0 Å². The maximum atomic E-state index is 8.55. The average molecular weight is 342 g/mol. The highest BCUT2D eigenvalue weighted by Crippen LogP contribution is 2.21. The maximum Gasteiger partial charge on any atom is 0.120 e. The van der Waals surface area contributed by atoms with Gasteiger partial charge in [-0.1, -0.05) is 12.1 Å². The third-order valence-corrected chi connectivity index (χ3v) is 4.54. The van der Waals surface area contributed by atoms with Crippen LogP contribution in [0.5, 0.6) is 5.75 Å². The summed E-state index contributed by atoms with van der Waals surface area (Å²) in [7, 11) is 1.76. The molecule has 0 amide bonds. The lowest BCUT2D eigenvalue weighted by Crippen LogP contribution is -2.37. The van der Waals surface area contributed by atoms with Gasteiger partial charge in [0.1, 0.15) is 18.3 Å². The molecule has 1 aromatic carbocycles. The molecule has 0 spiro atoms. The van der Waals surface area contributed by atoms with Gasteiger partial charge in [-0.15, -0.1) is 0 Å². The van der Waals surface area contributed by atoms with Gasteiger partial charge < -0.3 is 9.47 Å². The predicted octanol–water partition coefficient (Wildman–Crippen LogP) is 2.76. The van der Waals surface area contributed by atoms with Crippen LogP contribution in [-0.2, 0) is 4.74 Å². The third kappa shape index (κ3) is 4.32. The Hall–Kier alpha value is -2.05. The SMILES string of the molecule is CO[C@@H]1CCN(C2CC(C(=N)c3cccc(OC(C)C)c3)=NC=N2)C1. The van der Waals surface area contributed by atoms with E-state index in [9.17, 15) is 0 Å². The number of hydrogen-bond acceptors (Lipinski definition) is 6. The Kier molecular flexibility index (Phi) is 5.60. The highest BCUT2D eigenvalue weighted by Gasteiger charge is 2.30. The fourth-order valence-electron chi connectivity index (χ4n) is 3.23. The Morgan fingerprint density at radius 3 is 2.92 bits per heavy atom. The van der Waals surface area contributed by atoms with Crippen molar-refractivity contribution in [2.45, 2.75) is 45.1 Å². The predicted molar refractivity (Wildman–Crippen MR) is 100 cm³/mol. The molecule has 6 nitrogen and oxygen atoms in total. The largest absolute Gasteiger partial charge is 0.491 e. The number of nitrogens with one attached hydrogen (secondary N) is 1. The third-order valence-electron chi connectivity index (χ3n) is 4.54. The van der Waals surface area contributed by atoms with Gasteiger partial charge in [0, 0.05) is 32.2 Å². The molecule has 6 heteroatoms. The van der Waals surface area contributed by atoms with Crippen molar-refractivity contribution in [3.05, 3.63) is 29.8 Å². The van der Waals surface area contributed by atoms with E-state index in [4.69, 9.17) is 14.9 Å². The molecule has 1 N–H and O–H groups in total. The van der Waals surface area contributed by atoms with E-state index in [0.29, 0.717) is 12.1 Å². The van der Waals surface area contributed by atoms with E-state index in [1.807, 2.05) is 38.1 Å². The smallest absolute Gasteiger partial charge is 0.120 e. The van der Waals surface area contributed by atoms with Crippen LogP contribution in [-0.4, -0.2) is 61.2 Å². The first-order chi connectivity index (χ1) is 12.1. The average Bonchev–Trinajstić information content (AvgIpc) is 3.10. The van der Waals surface area contributed by atoms with E-state index in [-0.39, 0.29) is 18.4 Å². The molecule has 0 aromatic heterocycles. The fraction of sp³-hybridized carbons (Fsp3) is 0.526. The molecule has 1 fully saturated rings. The Morgan fingerprint density at radius 1 is 1.36 bits per heavy atom. The van der Waals surface area contributed by atoms with Crippen LogP contribution in [0.1, 0.15) is 32.3 Å². The normalized spacial score (nSPS) is 23.8. The highest BCUT2D eigenvalue weighted by molar-refractivity contribution is 6.48. The molecule has 25 heavy (non-hydrogen) atoms. The second-order valence-corrected chi connectivity index (χ2v) is 6.74. The molecule has 0 aliphatic carbocycles. The zero-order valence-electron chi connectivity index (χ0n) is 15.1. The summed E-state index contributed by atoms with van der Waals surface area (Å²) in [5.41, 5.74) is 2.03. The number of rotatable bonds is 6. The van der Waals surface area contributed by atoms with Crippen LogP contribution in [0, 0.1) is 5.41 Å². The Labute approximate surface area is 149 Å².